The van der Waals surface area contributed by atoms with E-state index in [1.165, 1.54) is 0 Å². The van der Waals surface area contributed by atoms with Gasteiger partial charge >= 0.3 is 0 Å². The van der Waals surface area contributed by atoms with Crippen molar-refractivity contribution in [3.8, 4) is 0 Å². The standard InChI is InChI=1S/C11H24O2/c1-11(2,3)7-6-10(9-13)5-4-8-12/h10,12-13H,4-9H2,1-3H3/t10-/m0/s1. The van der Waals surface area contributed by atoms with Crippen molar-refractivity contribution in [1.29, 1.82) is 0 Å². The Labute approximate surface area is 82.0 Å². The van der Waals surface area contributed by atoms with Gasteiger partial charge in [0.05, 0.1) is 0 Å². The first-order chi connectivity index (χ1) is 5.99. The Balaban J connectivity index is 3.59. The summed E-state index contributed by atoms with van der Waals surface area (Å²) in [5, 5.41) is 17.7. The SMILES string of the molecule is CC(C)(C)CC[C@@H](CO)CCCO. The summed E-state index contributed by atoms with van der Waals surface area (Å²) in [6.07, 6.45) is 3.97. The van der Waals surface area contributed by atoms with Gasteiger partial charge in [0, 0.05) is 13.2 Å². The van der Waals surface area contributed by atoms with E-state index in [9.17, 15) is 0 Å². The van der Waals surface area contributed by atoms with Crippen LogP contribution >= 0.6 is 0 Å². The first-order valence-corrected chi connectivity index (χ1v) is 5.21. The first-order valence-electron chi connectivity index (χ1n) is 5.21. The van der Waals surface area contributed by atoms with Gasteiger partial charge in [0.2, 0.25) is 0 Å². The molecule has 0 aliphatic carbocycles. The monoisotopic (exact) mass is 188 g/mol. The van der Waals surface area contributed by atoms with Gasteiger partial charge in [-0.3, -0.25) is 0 Å². The number of aliphatic hydroxyl groups excluding tert-OH is 2. The fourth-order valence-corrected chi connectivity index (χ4v) is 1.34. The van der Waals surface area contributed by atoms with Gasteiger partial charge in [-0.25, -0.2) is 0 Å². The molecule has 2 heteroatoms. The molecule has 0 heterocycles. The van der Waals surface area contributed by atoms with Gasteiger partial charge in [-0.2, -0.15) is 0 Å². The van der Waals surface area contributed by atoms with E-state index < -0.39 is 0 Å². The third-order valence-electron chi connectivity index (χ3n) is 2.33. The van der Waals surface area contributed by atoms with Crippen molar-refractivity contribution < 1.29 is 10.2 Å². The predicted molar refractivity (Wildman–Crippen MR) is 55.6 cm³/mol. The summed E-state index contributed by atoms with van der Waals surface area (Å²) in [6.45, 7) is 7.15. The van der Waals surface area contributed by atoms with Gasteiger partial charge in [0.15, 0.2) is 0 Å². The average molecular weight is 188 g/mol. The van der Waals surface area contributed by atoms with Gasteiger partial charge in [0.25, 0.3) is 0 Å². The van der Waals surface area contributed by atoms with E-state index in [-0.39, 0.29) is 13.2 Å². The molecule has 13 heavy (non-hydrogen) atoms. The summed E-state index contributed by atoms with van der Waals surface area (Å²) in [5.74, 6) is 0.381. The molecule has 0 saturated carbocycles. The minimum absolute atomic E-state index is 0.242. The van der Waals surface area contributed by atoms with Crippen LogP contribution in [0.4, 0.5) is 0 Å². The first kappa shape index (κ1) is 12.9. The minimum Gasteiger partial charge on any atom is -0.396 e. The third kappa shape index (κ3) is 8.26. The Bertz CT molecular complexity index is 116. The molecule has 2 nitrogen and oxygen atoms in total. The fraction of sp³-hybridized carbons (Fsp3) is 1.00. The maximum absolute atomic E-state index is 9.07. The quantitative estimate of drug-likeness (QED) is 0.671. The number of hydrogen-bond donors (Lipinski definition) is 2. The highest BCUT2D eigenvalue weighted by Gasteiger charge is 2.14. The maximum atomic E-state index is 9.07. The molecule has 0 amide bonds. The average Bonchev–Trinajstić information content (AvgIpc) is 2.03. The Morgan fingerprint density at radius 1 is 1.08 bits per heavy atom. The van der Waals surface area contributed by atoms with Crippen LogP contribution in [0.25, 0.3) is 0 Å². The molecule has 1 atom stereocenters. The van der Waals surface area contributed by atoms with Crippen molar-refractivity contribution in [2.24, 2.45) is 11.3 Å². The minimum atomic E-state index is 0.242. The Morgan fingerprint density at radius 3 is 2.08 bits per heavy atom. The smallest absolute Gasteiger partial charge is 0.0459 e. The molecule has 0 aromatic rings. The van der Waals surface area contributed by atoms with E-state index >= 15 is 0 Å². The van der Waals surface area contributed by atoms with Gasteiger partial charge in [-0.1, -0.05) is 20.8 Å². The third-order valence-corrected chi connectivity index (χ3v) is 2.33. The molecule has 0 fully saturated rings. The zero-order chi connectivity index (χ0) is 10.3. The molecule has 0 aliphatic rings. The van der Waals surface area contributed by atoms with E-state index in [2.05, 4.69) is 20.8 Å². The molecule has 0 aliphatic heterocycles. The largest absolute Gasteiger partial charge is 0.396 e. The van der Waals surface area contributed by atoms with Crippen LogP contribution in [0.1, 0.15) is 46.5 Å². The molecular weight excluding hydrogens is 164 g/mol. The lowest BCUT2D eigenvalue weighted by Gasteiger charge is -2.21. The predicted octanol–water partition coefficient (Wildman–Crippen LogP) is 2.19. The molecular formula is C11H24O2. The van der Waals surface area contributed by atoms with Crippen molar-refractivity contribution in [2.45, 2.75) is 46.5 Å². The van der Waals surface area contributed by atoms with E-state index in [0.717, 1.165) is 25.7 Å². The molecule has 0 rings (SSSR count). The van der Waals surface area contributed by atoms with E-state index in [1.54, 1.807) is 0 Å². The van der Waals surface area contributed by atoms with Gasteiger partial charge in [-0.05, 0) is 37.0 Å². The topological polar surface area (TPSA) is 40.5 Å². The summed E-state index contributed by atoms with van der Waals surface area (Å²) >= 11 is 0. The molecule has 80 valence electrons. The van der Waals surface area contributed by atoms with Crippen LogP contribution in [0.15, 0.2) is 0 Å². The second-order valence-electron chi connectivity index (χ2n) is 5.01. The molecule has 0 unspecified atom stereocenters. The van der Waals surface area contributed by atoms with E-state index in [4.69, 9.17) is 10.2 Å². The summed E-state index contributed by atoms with van der Waals surface area (Å²) < 4.78 is 0. The van der Waals surface area contributed by atoms with Crippen molar-refractivity contribution in [1.82, 2.24) is 0 Å². The Hall–Kier alpha value is -0.0800. The maximum Gasteiger partial charge on any atom is 0.0459 e. The lowest BCUT2D eigenvalue weighted by molar-refractivity contribution is 0.180. The van der Waals surface area contributed by atoms with E-state index in [1.807, 2.05) is 0 Å². The zero-order valence-corrected chi connectivity index (χ0v) is 9.21. The second-order valence-corrected chi connectivity index (χ2v) is 5.01. The molecule has 0 aromatic heterocycles. The van der Waals surface area contributed by atoms with Crippen LogP contribution in [0, 0.1) is 11.3 Å². The summed E-state index contributed by atoms with van der Waals surface area (Å²) in [5.41, 5.74) is 0.354. The van der Waals surface area contributed by atoms with Crippen LogP contribution in [0.3, 0.4) is 0 Å². The molecule has 2 N–H and O–H groups in total. The normalized spacial score (nSPS) is 14.5. The summed E-state index contributed by atoms with van der Waals surface area (Å²) in [4.78, 5) is 0. The van der Waals surface area contributed by atoms with Gasteiger partial charge in [0.1, 0.15) is 0 Å². The van der Waals surface area contributed by atoms with Crippen LogP contribution in [0.2, 0.25) is 0 Å². The molecule has 0 aromatic carbocycles. The van der Waals surface area contributed by atoms with Crippen LogP contribution in [-0.2, 0) is 0 Å². The number of aliphatic hydroxyl groups is 2. The highest BCUT2D eigenvalue weighted by atomic mass is 16.3. The van der Waals surface area contributed by atoms with Gasteiger partial charge < -0.3 is 10.2 Å². The van der Waals surface area contributed by atoms with Crippen LogP contribution in [0.5, 0.6) is 0 Å². The van der Waals surface area contributed by atoms with Crippen molar-refractivity contribution >= 4 is 0 Å². The highest BCUT2D eigenvalue weighted by Crippen LogP contribution is 2.25. The van der Waals surface area contributed by atoms with Gasteiger partial charge in [-0.15, -0.1) is 0 Å². The zero-order valence-electron chi connectivity index (χ0n) is 9.21. The van der Waals surface area contributed by atoms with Crippen molar-refractivity contribution in [3.05, 3.63) is 0 Å². The molecule has 0 bridgehead atoms. The molecule has 0 spiro atoms. The van der Waals surface area contributed by atoms with Crippen LogP contribution in [-0.4, -0.2) is 23.4 Å². The summed E-state index contributed by atoms with van der Waals surface area (Å²) in [7, 11) is 0. The second kappa shape index (κ2) is 6.39. The summed E-state index contributed by atoms with van der Waals surface area (Å²) in [6, 6.07) is 0. The highest BCUT2D eigenvalue weighted by molar-refractivity contribution is 4.66. The Morgan fingerprint density at radius 2 is 1.69 bits per heavy atom. The van der Waals surface area contributed by atoms with Crippen molar-refractivity contribution in [3.63, 3.8) is 0 Å². The van der Waals surface area contributed by atoms with Crippen molar-refractivity contribution in [2.75, 3.05) is 13.2 Å². The van der Waals surface area contributed by atoms with Crippen LogP contribution < -0.4 is 0 Å². The Kier molecular flexibility index (Phi) is 6.35. The lowest BCUT2D eigenvalue weighted by Crippen LogP contribution is -2.12. The fourth-order valence-electron chi connectivity index (χ4n) is 1.34. The lowest BCUT2D eigenvalue weighted by atomic mass is 9.85. The number of rotatable bonds is 6. The van der Waals surface area contributed by atoms with E-state index in [0.29, 0.717) is 11.3 Å². The molecule has 0 radical (unpaired) electrons. The number of hydrogen-bond acceptors (Lipinski definition) is 2. The molecule has 0 saturated heterocycles.